The normalized spacial score (nSPS) is 11.1. The third-order valence-electron chi connectivity index (χ3n) is 3.39. The van der Waals surface area contributed by atoms with Gasteiger partial charge in [-0.25, -0.2) is 0 Å². The number of nitrogens with zero attached hydrogens (tertiary/aromatic N) is 3. The lowest BCUT2D eigenvalue weighted by Gasteiger charge is -2.05. The first-order valence-electron chi connectivity index (χ1n) is 6.77. The molecule has 2 heterocycles. The maximum atomic E-state index is 4.65. The van der Waals surface area contributed by atoms with Crippen molar-refractivity contribution < 1.29 is 0 Å². The number of aromatic nitrogens is 3. The molecule has 0 radical (unpaired) electrons. The lowest BCUT2D eigenvalue weighted by Crippen LogP contribution is -2.13. The molecule has 0 atom stereocenters. The van der Waals surface area contributed by atoms with Crippen LogP contribution in [0.4, 0.5) is 0 Å². The molecule has 0 aliphatic carbocycles. The van der Waals surface area contributed by atoms with E-state index >= 15 is 0 Å². The fourth-order valence-corrected chi connectivity index (χ4v) is 2.35. The van der Waals surface area contributed by atoms with Crippen molar-refractivity contribution in [1.29, 1.82) is 0 Å². The van der Waals surface area contributed by atoms with Crippen molar-refractivity contribution in [3.8, 4) is 0 Å². The van der Waals surface area contributed by atoms with Crippen LogP contribution in [-0.2, 0) is 20.1 Å². The molecule has 3 aromatic rings. The highest BCUT2D eigenvalue weighted by Crippen LogP contribution is 2.12. The average molecular weight is 266 g/mol. The van der Waals surface area contributed by atoms with Gasteiger partial charge in [0.15, 0.2) is 0 Å². The Morgan fingerprint density at radius 3 is 2.75 bits per heavy atom. The Balaban J connectivity index is 1.66. The summed E-state index contributed by atoms with van der Waals surface area (Å²) in [5, 5.41) is 8.94. The number of aryl methyl sites for hydroxylation is 2. The largest absolute Gasteiger partial charge is 0.307 e. The smallest absolute Gasteiger partial charge is 0.0705 e. The molecule has 0 spiro atoms. The number of hydrogen-bond donors (Lipinski definition) is 1. The van der Waals surface area contributed by atoms with Crippen LogP contribution in [0.5, 0.6) is 0 Å². The summed E-state index contributed by atoms with van der Waals surface area (Å²) in [6.07, 6.45) is 2.05. The molecular formula is C16H18N4. The molecule has 1 aromatic carbocycles. The Labute approximate surface area is 118 Å². The molecule has 0 aliphatic heterocycles. The first-order valence-corrected chi connectivity index (χ1v) is 6.77. The van der Waals surface area contributed by atoms with Crippen molar-refractivity contribution in [2.75, 3.05) is 0 Å². The van der Waals surface area contributed by atoms with Gasteiger partial charge in [0, 0.05) is 37.3 Å². The second kappa shape index (κ2) is 5.43. The lowest BCUT2D eigenvalue weighted by molar-refractivity contribution is 0.679. The lowest BCUT2D eigenvalue weighted by atomic mass is 10.2. The summed E-state index contributed by atoms with van der Waals surface area (Å²) in [7, 11) is 1.95. The molecule has 0 saturated heterocycles. The Bertz CT molecular complexity index is 730. The highest BCUT2D eigenvalue weighted by atomic mass is 15.2. The fourth-order valence-electron chi connectivity index (χ4n) is 2.35. The monoisotopic (exact) mass is 266 g/mol. The summed E-state index contributed by atoms with van der Waals surface area (Å²) in [6, 6.07) is 12.4. The minimum atomic E-state index is 0.763. The first kappa shape index (κ1) is 12.8. The van der Waals surface area contributed by atoms with Gasteiger partial charge in [0.2, 0.25) is 0 Å². The summed E-state index contributed by atoms with van der Waals surface area (Å²) in [6.45, 7) is 3.61. The van der Waals surface area contributed by atoms with Crippen LogP contribution in [-0.4, -0.2) is 14.8 Å². The van der Waals surface area contributed by atoms with Crippen molar-refractivity contribution >= 4 is 10.9 Å². The average Bonchev–Trinajstić information content (AvgIpc) is 2.77. The molecule has 0 fully saturated rings. The number of pyridine rings is 1. The number of nitrogens with one attached hydrogen (secondary N) is 1. The van der Waals surface area contributed by atoms with E-state index in [2.05, 4.69) is 39.8 Å². The maximum absolute atomic E-state index is 4.65. The topological polar surface area (TPSA) is 42.7 Å². The zero-order valence-corrected chi connectivity index (χ0v) is 11.8. The second-order valence-electron chi connectivity index (χ2n) is 5.01. The summed E-state index contributed by atoms with van der Waals surface area (Å²) in [4.78, 5) is 4.65. The Hall–Kier alpha value is -2.20. The number of benzene rings is 1. The number of rotatable bonds is 4. The van der Waals surface area contributed by atoms with E-state index in [9.17, 15) is 0 Å². The Kier molecular flexibility index (Phi) is 3.48. The van der Waals surface area contributed by atoms with Crippen LogP contribution in [0.2, 0.25) is 0 Å². The van der Waals surface area contributed by atoms with Crippen LogP contribution < -0.4 is 5.32 Å². The predicted molar refractivity (Wildman–Crippen MR) is 80.2 cm³/mol. The molecule has 102 valence electrons. The van der Waals surface area contributed by atoms with E-state index < -0.39 is 0 Å². The van der Waals surface area contributed by atoms with Crippen LogP contribution in [0.1, 0.15) is 17.0 Å². The molecular weight excluding hydrogens is 248 g/mol. The molecule has 0 amide bonds. The maximum Gasteiger partial charge on any atom is 0.0705 e. The SMILES string of the molecule is Cc1nn(C)cc1CNCc1ccc2ccccc2n1. The van der Waals surface area contributed by atoms with Crippen molar-refractivity contribution in [1.82, 2.24) is 20.1 Å². The van der Waals surface area contributed by atoms with Gasteiger partial charge in [-0.15, -0.1) is 0 Å². The zero-order chi connectivity index (χ0) is 13.9. The van der Waals surface area contributed by atoms with E-state index in [1.54, 1.807) is 0 Å². The highest BCUT2D eigenvalue weighted by Gasteiger charge is 2.03. The first-order chi connectivity index (χ1) is 9.72. The van der Waals surface area contributed by atoms with E-state index in [4.69, 9.17) is 0 Å². The van der Waals surface area contributed by atoms with Gasteiger partial charge in [0.25, 0.3) is 0 Å². The van der Waals surface area contributed by atoms with Crippen LogP contribution in [0.25, 0.3) is 10.9 Å². The number of hydrogen-bond acceptors (Lipinski definition) is 3. The number of fused-ring (bicyclic) bond motifs is 1. The van der Waals surface area contributed by atoms with Gasteiger partial charge in [0.05, 0.1) is 16.9 Å². The van der Waals surface area contributed by atoms with Gasteiger partial charge >= 0.3 is 0 Å². The van der Waals surface area contributed by atoms with Gasteiger partial charge < -0.3 is 5.32 Å². The molecule has 3 rings (SSSR count). The molecule has 4 heteroatoms. The van der Waals surface area contributed by atoms with Crippen molar-refractivity contribution in [3.05, 3.63) is 59.5 Å². The van der Waals surface area contributed by atoms with Gasteiger partial charge in [-0.05, 0) is 19.1 Å². The van der Waals surface area contributed by atoms with Crippen LogP contribution in [0.3, 0.4) is 0 Å². The summed E-state index contributed by atoms with van der Waals surface area (Å²) in [5.74, 6) is 0. The summed E-state index contributed by atoms with van der Waals surface area (Å²) >= 11 is 0. The van der Waals surface area contributed by atoms with Crippen molar-refractivity contribution in [2.24, 2.45) is 7.05 Å². The Morgan fingerprint density at radius 2 is 1.95 bits per heavy atom. The molecule has 0 saturated carbocycles. The fraction of sp³-hybridized carbons (Fsp3) is 0.250. The molecule has 0 bridgehead atoms. The minimum Gasteiger partial charge on any atom is -0.307 e. The summed E-state index contributed by atoms with van der Waals surface area (Å²) in [5.41, 5.74) is 4.41. The van der Waals surface area contributed by atoms with Gasteiger partial charge in [0.1, 0.15) is 0 Å². The van der Waals surface area contributed by atoms with Crippen LogP contribution in [0.15, 0.2) is 42.6 Å². The van der Waals surface area contributed by atoms with Crippen molar-refractivity contribution in [3.63, 3.8) is 0 Å². The minimum absolute atomic E-state index is 0.763. The molecule has 1 N–H and O–H groups in total. The van der Waals surface area contributed by atoms with E-state index in [1.807, 2.05) is 36.9 Å². The van der Waals surface area contributed by atoms with Gasteiger partial charge in [-0.1, -0.05) is 24.3 Å². The standard InChI is InChI=1S/C16H18N4/c1-12-14(11-20(2)19-12)9-17-10-15-8-7-13-5-3-4-6-16(13)18-15/h3-8,11,17H,9-10H2,1-2H3. The third kappa shape index (κ3) is 2.70. The van der Waals surface area contributed by atoms with E-state index in [1.165, 1.54) is 10.9 Å². The molecule has 2 aromatic heterocycles. The third-order valence-corrected chi connectivity index (χ3v) is 3.39. The molecule has 0 unspecified atom stereocenters. The molecule has 20 heavy (non-hydrogen) atoms. The number of para-hydroxylation sites is 1. The van der Waals surface area contributed by atoms with Crippen molar-refractivity contribution in [2.45, 2.75) is 20.0 Å². The van der Waals surface area contributed by atoms with Crippen LogP contribution in [0, 0.1) is 6.92 Å². The van der Waals surface area contributed by atoms with E-state index in [-0.39, 0.29) is 0 Å². The van der Waals surface area contributed by atoms with Gasteiger partial charge in [-0.3, -0.25) is 9.67 Å². The van der Waals surface area contributed by atoms with Gasteiger partial charge in [-0.2, -0.15) is 5.10 Å². The molecule has 4 nitrogen and oxygen atoms in total. The van der Waals surface area contributed by atoms with E-state index in [0.717, 1.165) is 30.0 Å². The highest BCUT2D eigenvalue weighted by molar-refractivity contribution is 5.78. The molecule has 0 aliphatic rings. The Morgan fingerprint density at radius 1 is 1.10 bits per heavy atom. The van der Waals surface area contributed by atoms with Crippen LogP contribution >= 0.6 is 0 Å². The summed E-state index contributed by atoms with van der Waals surface area (Å²) < 4.78 is 1.85. The predicted octanol–water partition coefficient (Wildman–Crippen LogP) is 2.57. The second-order valence-corrected chi connectivity index (χ2v) is 5.01. The quantitative estimate of drug-likeness (QED) is 0.789. The van der Waals surface area contributed by atoms with E-state index in [0.29, 0.717) is 0 Å². The zero-order valence-electron chi connectivity index (χ0n) is 11.8.